The van der Waals surface area contributed by atoms with Crippen LogP contribution in [0, 0.1) is 0 Å². The Balaban J connectivity index is 0.000000204. The zero-order valence-corrected chi connectivity index (χ0v) is 11.1. The highest BCUT2D eigenvalue weighted by Crippen LogP contribution is 2.12. The minimum Gasteiger partial charge on any atom is -0.394 e. The molecule has 2 aliphatic rings. The van der Waals surface area contributed by atoms with Crippen molar-refractivity contribution in [3.63, 3.8) is 0 Å². The van der Waals surface area contributed by atoms with Gasteiger partial charge in [0.25, 0.3) is 5.91 Å². The lowest BCUT2D eigenvalue weighted by Gasteiger charge is -2.12. The number of aliphatic hydroxyl groups excluding tert-OH is 2. The van der Waals surface area contributed by atoms with Crippen molar-refractivity contribution in [2.75, 3.05) is 34.0 Å². The Morgan fingerprint density at radius 3 is 2.00 bits per heavy atom. The molecule has 2 heterocycles. The Morgan fingerprint density at radius 2 is 1.80 bits per heavy atom. The van der Waals surface area contributed by atoms with Crippen molar-refractivity contribution >= 4 is 23.9 Å². The molecule has 0 aromatic heterocycles. The van der Waals surface area contributed by atoms with Crippen LogP contribution in [0.4, 0.5) is 9.59 Å². The van der Waals surface area contributed by atoms with Gasteiger partial charge >= 0.3 is 12.1 Å². The first kappa shape index (κ1) is 15.9. The van der Waals surface area contributed by atoms with Crippen molar-refractivity contribution in [3.05, 3.63) is 0 Å². The average Bonchev–Trinajstić information content (AvgIpc) is 2.83. The molecule has 6 amide bonds. The number of carbonyl (C=O) groups is 4. The first-order valence-electron chi connectivity index (χ1n) is 5.68. The van der Waals surface area contributed by atoms with E-state index in [1.54, 1.807) is 0 Å². The Labute approximate surface area is 114 Å². The molecule has 20 heavy (non-hydrogen) atoms. The molecular formula is C10H16N4O6. The van der Waals surface area contributed by atoms with Crippen molar-refractivity contribution < 1.29 is 29.4 Å². The van der Waals surface area contributed by atoms with Gasteiger partial charge in [0.05, 0.1) is 6.61 Å². The molecule has 2 fully saturated rings. The molecule has 0 saturated carbocycles. The summed E-state index contributed by atoms with van der Waals surface area (Å²) in [5.41, 5.74) is 0. The Bertz CT molecular complexity index is 439. The predicted molar refractivity (Wildman–Crippen MR) is 64.1 cm³/mol. The summed E-state index contributed by atoms with van der Waals surface area (Å²) < 4.78 is 0. The molecule has 0 aromatic rings. The fourth-order valence-electron chi connectivity index (χ4n) is 1.65. The maximum absolute atomic E-state index is 11.1. The minimum atomic E-state index is -0.688. The van der Waals surface area contributed by atoms with Gasteiger partial charge in [0.2, 0.25) is 5.91 Å². The summed E-state index contributed by atoms with van der Waals surface area (Å²) in [6.07, 6.45) is 0. The monoisotopic (exact) mass is 288 g/mol. The first-order valence-corrected chi connectivity index (χ1v) is 5.68. The molecule has 0 bridgehead atoms. The fourth-order valence-corrected chi connectivity index (χ4v) is 1.65. The zero-order valence-electron chi connectivity index (χ0n) is 11.1. The summed E-state index contributed by atoms with van der Waals surface area (Å²) in [6.45, 7) is -0.752. The van der Waals surface area contributed by atoms with Gasteiger partial charge in [0.15, 0.2) is 0 Å². The third kappa shape index (κ3) is 3.03. The van der Waals surface area contributed by atoms with E-state index in [9.17, 15) is 19.2 Å². The molecule has 3 N–H and O–H groups in total. The highest BCUT2D eigenvalue weighted by Gasteiger charge is 2.39. The van der Waals surface area contributed by atoms with E-state index in [0.29, 0.717) is 0 Å². The van der Waals surface area contributed by atoms with Gasteiger partial charge in [0.1, 0.15) is 19.3 Å². The summed E-state index contributed by atoms with van der Waals surface area (Å²) >= 11 is 0. The van der Waals surface area contributed by atoms with Crippen LogP contribution in [0.15, 0.2) is 0 Å². The van der Waals surface area contributed by atoms with Gasteiger partial charge in [-0.1, -0.05) is 0 Å². The van der Waals surface area contributed by atoms with Crippen molar-refractivity contribution in [1.29, 1.82) is 0 Å². The van der Waals surface area contributed by atoms with E-state index in [2.05, 4.69) is 0 Å². The number of likely N-dealkylation sites (N-methyl/N-ethyl adjacent to an activating group) is 2. The Hall–Kier alpha value is -2.20. The molecule has 0 radical (unpaired) electrons. The predicted octanol–water partition coefficient (Wildman–Crippen LogP) is -2.64. The number of rotatable bonds is 2. The number of nitrogens with one attached hydrogen (secondary N) is 1. The number of nitrogens with zero attached hydrogens (tertiary/aromatic N) is 3. The van der Waals surface area contributed by atoms with Gasteiger partial charge < -0.3 is 15.1 Å². The molecule has 2 aliphatic heterocycles. The van der Waals surface area contributed by atoms with E-state index in [4.69, 9.17) is 10.2 Å². The van der Waals surface area contributed by atoms with E-state index < -0.39 is 18.8 Å². The topological polar surface area (TPSA) is 130 Å². The van der Waals surface area contributed by atoms with Gasteiger partial charge in [-0.2, -0.15) is 0 Å². The molecule has 1 atom stereocenters. The number of hydrogen-bond acceptors (Lipinski definition) is 6. The maximum Gasteiger partial charge on any atom is 0.326 e. The number of amides is 6. The van der Waals surface area contributed by atoms with E-state index in [-0.39, 0.29) is 31.0 Å². The highest BCUT2D eigenvalue weighted by atomic mass is 16.3. The van der Waals surface area contributed by atoms with Crippen molar-refractivity contribution in [2.24, 2.45) is 0 Å². The smallest absolute Gasteiger partial charge is 0.326 e. The van der Waals surface area contributed by atoms with Gasteiger partial charge in [-0.15, -0.1) is 0 Å². The molecule has 2 rings (SSSR count). The van der Waals surface area contributed by atoms with E-state index >= 15 is 0 Å². The summed E-state index contributed by atoms with van der Waals surface area (Å²) in [5.74, 6) is -0.714. The highest BCUT2D eigenvalue weighted by molar-refractivity contribution is 6.03. The van der Waals surface area contributed by atoms with Crippen LogP contribution in [0.25, 0.3) is 0 Å². The van der Waals surface area contributed by atoms with Crippen molar-refractivity contribution in [2.45, 2.75) is 6.04 Å². The SMILES string of the molecule is CN1C(=O)C(CO)N(C)C1=O.O=C1CN(CO)C(=O)N1. The number of hydrogen-bond donors (Lipinski definition) is 3. The van der Waals surface area contributed by atoms with Crippen LogP contribution in [0.5, 0.6) is 0 Å². The van der Waals surface area contributed by atoms with Gasteiger partial charge in [-0.05, 0) is 0 Å². The molecule has 0 aliphatic carbocycles. The second-order valence-electron chi connectivity index (χ2n) is 4.18. The lowest BCUT2D eigenvalue weighted by Crippen LogP contribution is -2.34. The van der Waals surface area contributed by atoms with Crippen LogP contribution in [0.3, 0.4) is 0 Å². The number of aliphatic hydroxyl groups is 2. The molecule has 0 aromatic carbocycles. The van der Waals surface area contributed by atoms with Crippen LogP contribution >= 0.6 is 0 Å². The summed E-state index contributed by atoms with van der Waals surface area (Å²) in [5, 5.41) is 19.1. The standard InChI is InChI=1S/C6H10N2O3.C4H6N2O3/c1-7-4(3-9)5(10)8(2)6(7)11;7-2-6-1-3(8)5-4(6)9/h4,9H,3H2,1-2H3;7H,1-2H2,(H,5,8,9). The summed E-state index contributed by atoms with van der Waals surface area (Å²) in [6, 6.07) is -1.58. The molecule has 1 unspecified atom stereocenters. The lowest BCUT2D eigenvalue weighted by atomic mass is 10.3. The minimum absolute atomic E-state index is 0.0324. The molecule has 0 spiro atoms. The van der Waals surface area contributed by atoms with Crippen LogP contribution in [-0.4, -0.2) is 88.8 Å². The van der Waals surface area contributed by atoms with Crippen LogP contribution < -0.4 is 5.32 Å². The molecule has 2 saturated heterocycles. The second kappa shape index (κ2) is 6.30. The third-order valence-electron chi connectivity index (χ3n) is 2.88. The molecule has 112 valence electrons. The van der Waals surface area contributed by atoms with Crippen LogP contribution in [0.2, 0.25) is 0 Å². The Kier molecular flexibility index (Phi) is 5.00. The van der Waals surface area contributed by atoms with Crippen molar-refractivity contribution in [3.8, 4) is 0 Å². The fraction of sp³-hybridized carbons (Fsp3) is 0.600. The molecule has 10 nitrogen and oxygen atoms in total. The molecular weight excluding hydrogens is 272 g/mol. The lowest BCUT2D eigenvalue weighted by molar-refractivity contribution is -0.128. The summed E-state index contributed by atoms with van der Waals surface area (Å²) in [4.78, 5) is 46.1. The zero-order chi connectivity index (χ0) is 15.4. The second-order valence-corrected chi connectivity index (χ2v) is 4.18. The van der Waals surface area contributed by atoms with Gasteiger partial charge in [-0.3, -0.25) is 24.7 Å². The van der Waals surface area contributed by atoms with E-state index in [1.165, 1.54) is 19.0 Å². The first-order chi connectivity index (χ1) is 9.33. The Morgan fingerprint density at radius 1 is 1.20 bits per heavy atom. The molecule has 10 heteroatoms. The van der Waals surface area contributed by atoms with Crippen LogP contribution in [-0.2, 0) is 9.59 Å². The number of urea groups is 2. The largest absolute Gasteiger partial charge is 0.394 e. The van der Waals surface area contributed by atoms with Crippen molar-refractivity contribution in [1.82, 2.24) is 20.0 Å². The number of imide groups is 2. The third-order valence-corrected chi connectivity index (χ3v) is 2.88. The summed E-state index contributed by atoms with van der Waals surface area (Å²) in [7, 11) is 2.89. The van der Waals surface area contributed by atoms with Crippen LogP contribution in [0.1, 0.15) is 0 Å². The maximum atomic E-state index is 11.1. The van der Waals surface area contributed by atoms with Gasteiger partial charge in [0, 0.05) is 14.1 Å². The number of carbonyl (C=O) groups excluding carboxylic acids is 4. The van der Waals surface area contributed by atoms with E-state index in [0.717, 1.165) is 9.80 Å². The quantitative estimate of drug-likeness (QED) is 0.476. The normalized spacial score (nSPS) is 22.2. The average molecular weight is 288 g/mol. The van der Waals surface area contributed by atoms with Gasteiger partial charge in [-0.25, -0.2) is 9.59 Å². The van der Waals surface area contributed by atoms with E-state index in [1.807, 2.05) is 5.32 Å².